The predicted molar refractivity (Wildman–Crippen MR) is 123 cm³/mol. The fourth-order valence-corrected chi connectivity index (χ4v) is 2.86. The maximum atomic E-state index is 12.6. The van der Waals surface area contributed by atoms with Crippen molar-refractivity contribution < 1.29 is 9.59 Å². The monoisotopic (exact) mass is 398 g/mol. The summed E-state index contributed by atoms with van der Waals surface area (Å²) in [5, 5.41) is 0. The first-order valence-corrected chi connectivity index (χ1v) is 9.75. The lowest BCUT2D eigenvalue weighted by molar-refractivity contribution is -0.116. The minimum atomic E-state index is -0.165. The second-order valence-corrected chi connectivity index (χ2v) is 6.48. The first-order chi connectivity index (χ1) is 13.3. The molecule has 0 atom stereocenters. The van der Waals surface area contributed by atoms with Gasteiger partial charge in [-0.3, -0.25) is 9.59 Å². The van der Waals surface area contributed by atoms with Crippen molar-refractivity contribution in [2.45, 2.75) is 41.5 Å². The van der Waals surface area contributed by atoms with Crippen LogP contribution >= 0.6 is 11.6 Å². The minimum absolute atomic E-state index is 0.165. The maximum absolute atomic E-state index is 12.6. The summed E-state index contributed by atoms with van der Waals surface area (Å²) in [7, 11) is 0. The zero-order valence-electron chi connectivity index (χ0n) is 17.8. The second kappa shape index (κ2) is 13.7. The molecule has 0 heterocycles. The molecule has 0 spiro atoms. The van der Waals surface area contributed by atoms with Crippen molar-refractivity contribution >= 4 is 23.2 Å². The van der Waals surface area contributed by atoms with Crippen molar-refractivity contribution in [3.05, 3.63) is 94.7 Å². The molecule has 0 aliphatic heterocycles. The van der Waals surface area contributed by atoms with Gasteiger partial charge in [0.05, 0.1) is 0 Å². The standard InChI is InChI=1S/C25H31ClO2/c1-8-11-14-22(10-3)18(4)24(20(6)27)25(21(7)28)19(5)23(15-12-9-2)16-13-17-26/h8-16H,3,17H2,1-2,4-7H3/b11-8-,12-9-,16-13-,22-14+,23-15+,24-18+,25-19+. The quantitative estimate of drug-likeness (QED) is 0.231. The van der Waals surface area contributed by atoms with E-state index in [9.17, 15) is 9.59 Å². The van der Waals surface area contributed by atoms with Gasteiger partial charge in [0.15, 0.2) is 11.6 Å². The van der Waals surface area contributed by atoms with Gasteiger partial charge in [-0.2, -0.15) is 0 Å². The smallest absolute Gasteiger partial charge is 0.160 e. The Kier molecular flexibility index (Phi) is 12.5. The molecule has 0 bridgehead atoms. The van der Waals surface area contributed by atoms with Crippen LogP contribution in [0.3, 0.4) is 0 Å². The van der Waals surface area contributed by atoms with Gasteiger partial charge in [0.25, 0.3) is 0 Å². The molecule has 0 aromatic heterocycles. The Morgan fingerprint density at radius 3 is 1.61 bits per heavy atom. The van der Waals surface area contributed by atoms with E-state index >= 15 is 0 Å². The maximum Gasteiger partial charge on any atom is 0.160 e. The van der Waals surface area contributed by atoms with Crippen molar-refractivity contribution in [1.82, 2.24) is 0 Å². The number of hydrogen-bond acceptors (Lipinski definition) is 2. The molecule has 0 aromatic rings. The molecule has 0 radical (unpaired) electrons. The zero-order valence-corrected chi connectivity index (χ0v) is 18.6. The number of carbonyl (C=O) groups is 2. The number of hydrogen-bond donors (Lipinski definition) is 0. The second-order valence-electron chi connectivity index (χ2n) is 6.17. The normalized spacial score (nSPS) is 15.2. The highest BCUT2D eigenvalue weighted by molar-refractivity contribution is 6.19. The summed E-state index contributed by atoms with van der Waals surface area (Å²) >= 11 is 5.80. The highest BCUT2D eigenvalue weighted by atomic mass is 35.5. The summed E-state index contributed by atoms with van der Waals surface area (Å²) < 4.78 is 0. The molecule has 0 aliphatic carbocycles. The van der Waals surface area contributed by atoms with E-state index in [0.29, 0.717) is 17.0 Å². The van der Waals surface area contributed by atoms with Crippen LogP contribution in [0.4, 0.5) is 0 Å². The van der Waals surface area contributed by atoms with E-state index in [2.05, 4.69) is 6.58 Å². The summed E-state index contributed by atoms with van der Waals surface area (Å²) in [5.41, 5.74) is 3.89. The fourth-order valence-electron chi connectivity index (χ4n) is 2.77. The topological polar surface area (TPSA) is 34.1 Å². The number of rotatable bonds is 10. The molecule has 2 nitrogen and oxygen atoms in total. The van der Waals surface area contributed by atoms with E-state index < -0.39 is 0 Å². The Morgan fingerprint density at radius 2 is 1.25 bits per heavy atom. The van der Waals surface area contributed by atoms with Crippen LogP contribution in [0.1, 0.15) is 41.5 Å². The van der Waals surface area contributed by atoms with Crippen LogP contribution in [0, 0.1) is 0 Å². The summed E-state index contributed by atoms with van der Waals surface area (Å²) in [6, 6.07) is 0. The van der Waals surface area contributed by atoms with Crippen molar-refractivity contribution in [2.24, 2.45) is 0 Å². The molecule has 150 valence electrons. The Hall–Kier alpha value is -2.45. The number of halogens is 1. The summed E-state index contributed by atoms with van der Waals surface area (Å²) in [5.74, 6) is 0.0286. The van der Waals surface area contributed by atoms with E-state index in [4.69, 9.17) is 11.6 Å². The van der Waals surface area contributed by atoms with Gasteiger partial charge in [0, 0.05) is 17.0 Å². The van der Waals surface area contributed by atoms with Crippen LogP contribution in [-0.4, -0.2) is 17.4 Å². The first kappa shape index (κ1) is 25.6. The molecular weight excluding hydrogens is 368 g/mol. The van der Waals surface area contributed by atoms with Crippen LogP contribution in [0.2, 0.25) is 0 Å². The largest absolute Gasteiger partial charge is 0.294 e. The van der Waals surface area contributed by atoms with E-state index in [1.807, 2.05) is 76.3 Å². The van der Waals surface area contributed by atoms with Gasteiger partial charge < -0.3 is 0 Å². The van der Waals surface area contributed by atoms with Crippen molar-refractivity contribution in [1.29, 1.82) is 0 Å². The number of carbonyl (C=O) groups excluding carboxylic acids is 2. The lowest BCUT2D eigenvalue weighted by Gasteiger charge is -2.16. The molecule has 0 aliphatic rings. The summed E-state index contributed by atoms with van der Waals surface area (Å²) in [4.78, 5) is 25.2. The lowest BCUT2D eigenvalue weighted by atomic mass is 9.86. The Bertz CT molecular complexity index is 809. The van der Waals surface area contributed by atoms with E-state index in [0.717, 1.165) is 22.3 Å². The van der Waals surface area contributed by atoms with Crippen molar-refractivity contribution in [3.63, 3.8) is 0 Å². The van der Waals surface area contributed by atoms with Gasteiger partial charge in [-0.1, -0.05) is 61.3 Å². The molecule has 0 saturated heterocycles. The van der Waals surface area contributed by atoms with Gasteiger partial charge in [0.2, 0.25) is 0 Å². The minimum Gasteiger partial charge on any atom is -0.294 e. The molecule has 3 heteroatoms. The van der Waals surface area contributed by atoms with Crippen LogP contribution in [0.15, 0.2) is 94.7 Å². The molecule has 0 rings (SSSR count). The van der Waals surface area contributed by atoms with E-state index in [1.54, 1.807) is 6.08 Å². The molecule has 0 aromatic carbocycles. The van der Waals surface area contributed by atoms with Crippen LogP contribution < -0.4 is 0 Å². The zero-order chi connectivity index (χ0) is 21.7. The number of Topliss-reactive ketones (excluding diaryl/α,β-unsaturated/α-hetero) is 2. The molecule has 0 N–H and O–H groups in total. The fraction of sp³-hybridized carbons (Fsp3) is 0.280. The SMILES string of the molecule is C=CC(=C\C=C/C)/C(C)=C(C(C)=O)/C(C(C)=O)=C(C)/C(/C=C\CCl)=C/C=C\C. The van der Waals surface area contributed by atoms with Crippen LogP contribution in [0.5, 0.6) is 0 Å². The van der Waals surface area contributed by atoms with Gasteiger partial charge in [-0.25, -0.2) is 0 Å². The van der Waals surface area contributed by atoms with Crippen molar-refractivity contribution in [3.8, 4) is 0 Å². The predicted octanol–water partition coefficient (Wildman–Crippen LogP) is 6.78. The number of alkyl halides is 1. The lowest BCUT2D eigenvalue weighted by Crippen LogP contribution is -2.13. The number of ketones is 2. The highest BCUT2D eigenvalue weighted by Gasteiger charge is 2.22. The van der Waals surface area contributed by atoms with Crippen molar-refractivity contribution in [2.75, 3.05) is 5.88 Å². The molecule has 0 unspecified atom stereocenters. The average Bonchev–Trinajstić information content (AvgIpc) is 2.65. The molecular formula is C25H31ClO2. The van der Waals surface area contributed by atoms with Crippen LogP contribution in [0.25, 0.3) is 0 Å². The molecule has 0 saturated carbocycles. The van der Waals surface area contributed by atoms with Gasteiger partial charge in [-0.15, -0.1) is 11.6 Å². The third-order valence-corrected chi connectivity index (χ3v) is 4.29. The van der Waals surface area contributed by atoms with Gasteiger partial charge in [0.1, 0.15) is 0 Å². The molecule has 28 heavy (non-hydrogen) atoms. The number of allylic oxidation sites excluding steroid dienone is 15. The Morgan fingerprint density at radius 1 is 0.821 bits per heavy atom. The summed E-state index contributed by atoms with van der Waals surface area (Å²) in [6.07, 6.45) is 16.7. The van der Waals surface area contributed by atoms with E-state index in [-0.39, 0.29) is 11.6 Å². The third kappa shape index (κ3) is 7.66. The van der Waals surface area contributed by atoms with Gasteiger partial charge in [-0.05, 0) is 63.8 Å². The van der Waals surface area contributed by atoms with Gasteiger partial charge >= 0.3 is 0 Å². The average molecular weight is 399 g/mol. The third-order valence-electron chi connectivity index (χ3n) is 4.11. The van der Waals surface area contributed by atoms with Crippen LogP contribution in [-0.2, 0) is 9.59 Å². The Labute approximate surface area is 175 Å². The molecule has 0 fully saturated rings. The summed E-state index contributed by atoms with van der Waals surface area (Å²) in [6.45, 7) is 14.3. The highest BCUT2D eigenvalue weighted by Crippen LogP contribution is 2.29. The van der Waals surface area contributed by atoms with E-state index in [1.165, 1.54) is 13.8 Å². The first-order valence-electron chi connectivity index (χ1n) is 9.22. The Balaban J connectivity index is 7.08. The molecule has 0 amide bonds.